The number of alkyl carbamates (subject to hydrolysis) is 1. The smallest absolute Gasteiger partial charge is 0.407 e. The maximum absolute atomic E-state index is 12.1. The Morgan fingerprint density at radius 3 is 1.00 bits per heavy atom. The van der Waals surface area contributed by atoms with Crippen LogP contribution in [0, 0.1) is 6.92 Å². The number of carbonyl (C=O) groups is 1. The van der Waals surface area contributed by atoms with Crippen LogP contribution in [-0.2, 0) is 75.9 Å². The zero-order chi connectivity index (χ0) is 41.6. The summed E-state index contributed by atoms with van der Waals surface area (Å²) in [5, 5.41) is 2.63. The summed E-state index contributed by atoms with van der Waals surface area (Å²) in [6.07, 6.45) is -0.459. The molecular weight excluding hydrogens is 774 g/mol. The predicted molar refractivity (Wildman–Crippen MR) is 208 cm³/mol. The van der Waals surface area contributed by atoms with Gasteiger partial charge in [0.2, 0.25) is 0 Å². The van der Waals surface area contributed by atoms with Gasteiger partial charge in [-0.25, -0.2) is 4.79 Å². The summed E-state index contributed by atoms with van der Waals surface area (Å²) >= 11 is 0. The minimum atomic E-state index is -3.78. The molecule has 0 fully saturated rings. The van der Waals surface area contributed by atoms with Crippen LogP contribution in [0.2, 0.25) is 0 Å². The quantitative estimate of drug-likeness (QED) is 0.0746. The first-order chi connectivity index (χ1) is 27.6. The summed E-state index contributed by atoms with van der Waals surface area (Å²) in [5.74, 6) is 0. The minimum absolute atomic E-state index is 0.0658. The van der Waals surface area contributed by atoms with Crippen molar-refractivity contribution in [3.05, 3.63) is 29.8 Å². The van der Waals surface area contributed by atoms with E-state index in [0.717, 1.165) is 5.56 Å². The number of rotatable bonds is 41. The highest BCUT2D eigenvalue weighted by atomic mass is 32.2. The van der Waals surface area contributed by atoms with Gasteiger partial charge >= 0.3 is 6.09 Å². The van der Waals surface area contributed by atoms with Gasteiger partial charge in [0, 0.05) is 6.54 Å². The SMILES string of the molecule is Cc1ccc(S(=O)(=O)OCCOCCOCCOCCOCCOCCOCCOCCOCCOCCOCCOCCOCCNC(=O)OC(C)(C)C)cc1. The van der Waals surface area contributed by atoms with E-state index in [-0.39, 0.29) is 18.1 Å². The predicted octanol–water partition coefficient (Wildman–Crippen LogP) is 2.42. The number of amides is 1. The molecule has 0 bridgehead atoms. The summed E-state index contributed by atoms with van der Waals surface area (Å²) < 4.78 is 99.7. The Balaban J connectivity index is 1.66. The third-order valence-electron chi connectivity index (χ3n) is 6.78. The number of hydrogen-bond donors (Lipinski definition) is 1. The fraction of sp³-hybridized carbons (Fsp3) is 0.816. The molecule has 0 aliphatic carbocycles. The molecule has 0 radical (unpaired) electrons. The zero-order valence-electron chi connectivity index (χ0n) is 34.5. The highest BCUT2D eigenvalue weighted by molar-refractivity contribution is 7.86. The standard InChI is InChI=1S/C38H69NO17S/c1-35-5-7-36(8-6-35)57(41,42)55-34-33-54-32-31-53-30-29-52-28-27-51-26-25-50-24-23-49-22-21-48-20-19-47-18-17-46-16-15-45-14-13-44-12-11-43-10-9-39-37(40)56-38(2,3)4/h5-8H,9-34H2,1-4H3,(H,39,40). The number of aryl methyl sites for hydroxylation is 1. The Morgan fingerprint density at radius 1 is 0.456 bits per heavy atom. The highest BCUT2D eigenvalue weighted by Crippen LogP contribution is 2.13. The largest absolute Gasteiger partial charge is 0.444 e. The van der Waals surface area contributed by atoms with Gasteiger partial charge in [-0.2, -0.15) is 8.42 Å². The van der Waals surface area contributed by atoms with E-state index in [4.69, 9.17) is 65.8 Å². The van der Waals surface area contributed by atoms with Crippen molar-refractivity contribution >= 4 is 16.2 Å². The van der Waals surface area contributed by atoms with E-state index in [1.807, 2.05) is 27.7 Å². The molecule has 0 spiro atoms. The maximum atomic E-state index is 12.1. The zero-order valence-corrected chi connectivity index (χ0v) is 35.4. The molecule has 1 rings (SSSR count). The number of nitrogens with one attached hydrogen (secondary N) is 1. The summed E-state index contributed by atoms with van der Waals surface area (Å²) in [4.78, 5) is 11.6. The number of ether oxygens (including phenoxy) is 13. The van der Waals surface area contributed by atoms with Crippen LogP contribution in [0.3, 0.4) is 0 Å². The summed E-state index contributed by atoms with van der Waals surface area (Å²) in [5.41, 5.74) is 0.451. The molecule has 1 amide bonds. The van der Waals surface area contributed by atoms with Crippen LogP contribution in [-0.4, -0.2) is 192 Å². The van der Waals surface area contributed by atoms with Crippen LogP contribution >= 0.6 is 0 Å². The van der Waals surface area contributed by atoms with E-state index in [1.165, 1.54) is 12.1 Å². The Kier molecular flexibility index (Phi) is 34.3. The molecule has 57 heavy (non-hydrogen) atoms. The molecule has 1 aromatic carbocycles. The van der Waals surface area contributed by atoms with Gasteiger partial charge in [0.05, 0.1) is 170 Å². The molecule has 0 saturated carbocycles. The average molecular weight is 844 g/mol. The van der Waals surface area contributed by atoms with Crippen LogP contribution in [0.4, 0.5) is 4.79 Å². The molecule has 0 saturated heterocycles. The summed E-state index contributed by atoms with van der Waals surface area (Å²) in [6, 6.07) is 6.47. The normalized spacial score (nSPS) is 12.0. The fourth-order valence-corrected chi connectivity index (χ4v) is 4.93. The Labute approximate surface area is 339 Å². The first-order valence-electron chi connectivity index (χ1n) is 19.5. The van der Waals surface area contributed by atoms with E-state index < -0.39 is 21.8 Å². The lowest BCUT2D eigenvalue weighted by atomic mass is 10.2. The third kappa shape index (κ3) is 36.7. The van der Waals surface area contributed by atoms with E-state index in [0.29, 0.717) is 159 Å². The van der Waals surface area contributed by atoms with Crippen molar-refractivity contribution in [2.75, 3.05) is 172 Å². The van der Waals surface area contributed by atoms with Gasteiger partial charge in [-0.3, -0.25) is 4.18 Å². The minimum Gasteiger partial charge on any atom is -0.444 e. The second-order valence-electron chi connectivity index (χ2n) is 12.9. The molecule has 18 nitrogen and oxygen atoms in total. The molecule has 0 unspecified atom stereocenters. The van der Waals surface area contributed by atoms with Crippen LogP contribution < -0.4 is 5.32 Å². The molecule has 0 atom stereocenters. The van der Waals surface area contributed by atoms with Crippen LogP contribution in [0.15, 0.2) is 29.2 Å². The first-order valence-corrected chi connectivity index (χ1v) is 20.9. The van der Waals surface area contributed by atoms with Gasteiger partial charge in [0.1, 0.15) is 5.60 Å². The van der Waals surface area contributed by atoms with Gasteiger partial charge in [0.15, 0.2) is 0 Å². The number of hydrogen-bond acceptors (Lipinski definition) is 17. The highest BCUT2D eigenvalue weighted by Gasteiger charge is 2.16. The van der Waals surface area contributed by atoms with Gasteiger partial charge in [0.25, 0.3) is 10.1 Å². The lowest BCUT2D eigenvalue weighted by Crippen LogP contribution is -2.34. The number of benzene rings is 1. The molecule has 1 aromatic rings. The van der Waals surface area contributed by atoms with Crippen molar-refractivity contribution in [1.29, 1.82) is 0 Å². The lowest BCUT2D eigenvalue weighted by molar-refractivity contribution is -0.0285. The molecule has 0 heterocycles. The molecule has 1 N–H and O–H groups in total. The van der Waals surface area contributed by atoms with Gasteiger partial charge < -0.3 is 66.9 Å². The van der Waals surface area contributed by atoms with Crippen LogP contribution in [0.1, 0.15) is 26.3 Å². The Hall–Kier alpha value is -2.08. The maximum Gasteiger partial charge on any atom is 0.407 e. The molecule has 19 heteroatoms. The average Bonchev–Trinajstić information content (AvgIpc) is 3.16. The second kappa shape index (κ2) is 37.0. The molecule has 0 aliphatic rings. The first kappa shape index (κ1) is 52.9. The summed E-state index contributed by atoms with van der Waals surface area (Å²) in [7, 11) is -3.78. The molecule has 0 aromatic heterocycles. The lowest BCUT2D eigenvalue weighted by Gasteiger charge is -2.19. The molecule has 334 valence electrons. The van der Waals surface area contributed by atoms with Gasteiger partial charge in [-0.15, -0.1) is 0 Å². The van der Waals surface area contributed by atoms with Gasteiger partial charge in [-0.1, -0.05) is 17.7 Å². The molecule has 0 aliphatic heterocycles. The Bertz CT molecular complexity index is 1160. The van der Waals surface area contributed by atoms with Crippen LogP contribution in [0.25, 0.3) is 0 Å². The van der Waals surface area contributed by atoms with Crippen molar-refractivity contribution in [3.8, 4) is 0 Å². The molecular formula is C38H69NO17S. The second-order valence-corrected chi connectivity index (χ2v) is 14.5. The monoisotopic (exact) mass is 843 g/mol. The topological polar surface area (TPSA) is 192 Å². The van der Waals surface area contributed by atoms with Crippen molar-refractivity contribution in [1.82, 2.24) is 5.32 Å². The number of carbonyl (C=O) groups excluding carboxylic acids is 1. The van der Waals surface area contributed by atoms with E-state index in [9.17, 15) is 13.2 Å². The van der Waals surface area contributed by atoms with Crippen molar-refractivity contribution in [2.24, 2.45) is 0 Å². The van der Waals surface area contributed by atoms with Crippen LogP contribution in [0.5, 0.6) is 0 Å². The third-order valence-corrected chi connectivity index (χ3v) is 8.11. The van der Waals surface area contributed by atoms with Crippen molar-refractivity contribution in [3.63, 3.8) is 0 Å². The van der Waals surface area contributed by atoms with Crippen molar-refractivity contribution in [2.45, 2.75) is 38.2 Å². The van der Waals surface area contributed by atoms with Crippen molar-refractivity contribution < 1.29 is 79.0 Å². The van der Waals surface area contributed by atoms with Gasteiger partial charge in [-0.05, 0) is 39.8 Å². The fourth-order valence-electron chi connectivity index (χ4n) is 4.04. The van der Waals surface area contributed by atoms with E-state index in [1.54, 1.807) is 12.1 Å². The van der Waals surface area contributed by atoms with E-state index >= 15 is 0 Å². The van der Waals surface area contributed by atoms with E-state index in [2.05, 4.69) is 5.32 Å². The Morgan fingerprint density at radius 2 is 0.719 bits per heavy atom. The summed E-state index contributed by atoms with van der Waals surface area (Å²) in [6.45, 7) is 18.0.